The molecule has 2 aromatic carbocycles. The number of rotatable bonds is 4. The number of imidazole rings is 1. The number of hydrogen-bond donors (Lipinski definition) is 2. The minimum atomic E-state index is 0.477. The van der Waals surface area contributed by atoms with Crippen molar-refractivity contribution in [2.75, 3.05) is 0 Å². The quantitative estimate of drug-likeness (QED) is 0.517. The van der Waals surface area contributed by atoms with Crippen molar-refractivity contribution < 1.29 is 0 Å². The summed E-state index contributed by atoms with van der Waals surface area (Å²) < 4.78 is 0. The van der Waals surface area contributed by atoms with Crippen LogP contribution < -0.4 is 5.32 Å². The SMILES string of the molecule is CC1(C)CCC(NCc2c(Cl)cc(-c3ccc4nc[nH]c4c3)cc2Cl)CC1. The van der Waals surface area contributed by atoms with Crippen LogP contribution in [0.4, 0.5) is 0 Å². The lowest BCUT2D eigenvalue weighted by Crippen LogP contribution is -2.35. The van der Waals surface area contributed by atoms with E-state index in [2.05, 4.69) is 35.2 Å². The summed E-state index contributed by atoms with van der Waals surface area (Å²) >= 11 is 13.2. The first kappa shape index (κ1) is 18.8. The first-order valence-corrected chi connectivity index (χ1v) is 10.3. The molecule has 3 aromatic rings. The third kappa shape index (κ3) is 4.16. The Labute approximate surface area is 170 Å². The Kier molecular flexibility index (Phi) is 5.19. The maximum absolute atomic E-state index is 6.60. The number of nitrogens with one attached hydrogen (secondary N) is 2. The summed E-state index contributed by atoms with van der Waals surface area (Å²) in [5.41, 5.74) is 5.51. The molecule has 0 radical (unpaired) electrons. The van der Waals surface area contributed by atoms with E-state index < -0.39 is 0 Å². The summed E-state index contributed by atoms with van der Waals surface area (Å²) in [6, 6.07) is 10.7. The Morgan fingerprint density at radius 3 is 2.48 bits per heavy atom. The van der Waals surface area contributed by atoms with Crippen LogP contribution in [-0.2, 0) is 6.54 Å². The molecule has 1 aliphatic carbocycles. The molecule has 3 nitrogen and oxygen atoms in total. The van der Waals surface area contributed by atoms with Crippen LogP contribution in [0.15, 0.2) is 36.7 Å². The number of aromatic nitrogens is 2. The maximum Gasteiger partial charge on any atom is 0.0931 e. The lowest BCUT2D eigenvalue weighted by atomic mass is 9.75. The molecule has 0 saturated heterocycles. The van der Waals surface area contributed by atoms with Gasteiger partial charge in [0.15, 0.2) is 0 Å². The van der Waals surface area contributed by atoms with Gasteiger partial charge in [0.05, 0.1) is 17.4 Å². The van der Waals surface area contributed by atoms with E-state index in [0.29, 0.717) is 28.0 Å². The molecule has 0 unspecified atom stereocenters. The molecule has 0 spiro atoms. The predicted octanol–water partition coefficient (Wildman–Crippen LogP) is 6.60. The Balaban J connectivity index is 1.50. The van der Waals surface area contributed by atoms with Crippen molar-refractivity contribution in [3.05, 3.63) is 52.3 Å². The molecular weight excluding hydrogens is 377 g/mol. The van der Waals surface area contributed by atoms with Gasteiger partial charge in [0.2, 0.25) is 0 Å². The van der Waals surface area contributed by atoms with Gasteiger partial charge in [-0.25, -0.2) is 4.98 Å². The minimum absolute atomic E-state index is 0.477. The van der Waals surface area contributed by atoms with E-state index in [4.69, 9.17) is 23.2 Å². The second-order valence-corrected chi connectivity index (χ2v) is 9.19. The zero-order valence-corrected chi connectivity index (χ0v) is 17.3. The fraction of sp³-hybridized carbons (Fsp3) is 0.409. The van der Waals surface area contributed by atoms with Crippen molar-refractivity contribution >= 4 is 34.2 Å². The summed E-state index contributed by atoms with van der Waals surface area (Å²) in [5, 5.41) is 5.08. The van der Waals surface area contributed by atoms with E-state index >= 15 is 0 Å². The van der Waals surface area contributed by atoms with Crippen LogP contribution in [0.3, 0.4) is 0 Å². The zero-order valence-electron chi connectivity index (χ0n) is 15.8. The average Bonchev–Trinajstić information content (AvgIpc) is 3.09. The van der Waals surface area contributed by atoms with E-state index in [-0.39, 0.29) is 0 Å². The topological polar surface area (TPSA) is 40.7 Å². The van der Waals surface area contributed by atoms with Crippen LogP contribution in [-0.4, -0.2) is 16.0 Å². The fourth-order valence-corrected chi connectivity index (χ4v) is 4.52. The molecule has 142 valence electrons. The smallest absolute Gasteiger partial charge is 0.0931 e. The maximum atomic E-state index is 6.60. The number of benzene rings is 2. The first-order chi connectivity index (χ1) is 12.9. The second-order valence-electron chi connectivity index (χ2n) is 8.37. The minimum Gasteiger partial charge on any atom is -0.345 e. The van der Waals surface area contributed by atoms with E-state index in [1.54, 1.807) is 6.33 Å². The van der Waals surface area contributed by atoms with E-state index in [0.717, 1.165) is 27.7 Å². The first-order valence-electron chi connectivity index (χ1n) is 9.56. The van der Waals surface area contributed by atoms with E-state index in [1.807, 2.05) is 24.3 Å². The Hall–Kier alpha value is -1.55. The molecule has 0 bridgehead atoms. The molecule has 1 aromatic heterocycles. The average molecular weight is 402 g/mol. The molecular formula is C22H25Cl2N3. The highest BCUT2D eigenvalue weighted by Crippen LogP contribution is 2.36. The number of aromatic amines is 1. The van der Waals surface area contributed by atoms with Crippen LogP contribution in [0.1, 0.15) is 45.1 Å². The standard InChI is InChI=1S/C22H25Cl2N3/c1-22(2)7-5-16(6-8-22)25-12-17-18(23)9-15(10-19(17)24)14-3-4-20-21(11-14)27-13-26-20/h3-4,9-11,13,16,25H,5-8,12H2,1-2H3,(H,26,27). The van der Waals surface area contributed by atoms with Crippen molar-refractivity contribution in [1.29, 1.82) is 0 Å². The number of halogens is 2. The van der Waals surface area contributed by atoms with Crippen molar-refractivity contribution in [1.82, 2.24) is 15.3 Å². The van der Waals surface area contributed by atoms with Gasteiger partial charge in [-0.2, -0.15) is 0 Å². The van der Waals surface area contributed by atoms with Gasteiger partial charge in [-0.15, -0.1) is 0 Å². The lowest BCUT2D eigenvalue weighted by Gasteiger charge is -2.34. The van der Waals surface area contributed by atoms with Gasteiger partial charge in [0.25, 0.3) is 0 Å². The molecule has 0 aliphatic heterocycles. The summed E-state index contributed by atoms with van der Waals surface area (Å²) in [7, 11) is 0. The van der Waals surface area contributed by atoms with Crippen molar-refractivity contribution in [2.45, 2.75) is 52.1 Å². The molecule has 27 heavy (non-hydrogen) atoms. The molecule has 0 amide bonds. The van der Waals surface area contributed by atoms with Crippen LogP contribution in [0, 0.1) is 5.41 Å². The zero-order chi connectivity index (χ0) is 19.0. The van der Waals surface area contributed by atoms with Gasteiger partial charge in [0, 0.05) is 28.2 Å². The van der Waals surface area contributed by atoms with E-state index in [9.17, 15) is 0 Å². The number of nitrogens with zero attached hydrogens (tertiary/aromatic N) is 1. The van der Waals surface area contributed by atoms with Gasteiger partial charge < -0.3 is 10.3 Å². The predicted molar refractivity (Wildman–Crippen MR) is 114 cm³/mol. The normalized spacial score (nSPS) is 17.5. The highest BCUT2D eigenvalue weighted by Gasteiger charge is 2.26. The highest BCUT2D eigenvalue weighted by atomic mass is 35.5. The number of hydrogen-bond acceptors (Lipinski definition) is 2. The molecule has 1 heterocycles. The summed E-state index contributed by atoms with van der Waals surface area (Å²) in [6.07, 6.45) is 6.66. The van der Waals surface area contributed by atoms with Crippen molar-refractivity contribution in [2.24, 2.45) is 5.41 Å². The fourth-order valence-electron chi connectivity index (χ4n) is 3.90. The van der Waals surface area contributed by atoms with Crippen LogP contribution in [0.25, 0.3) is 22.2 Å². The number of fused-ring (bicyclic) bond motifs is 1. The molecule has 1 aliphatic rings. The van der Waals surface area contributed by atoms with Gasteiger partial charge >= 0.3 is 0 Å². The molecule has 1 fully saturated rings. The summed E-state index contributed by atoms with van der Waals surface area (Å²) in [6.45, 7) is 5.43. The highest BCUT2D eigenvalue weighted by molar-refractivity contribution is 6.36. The summed E-state index contributed by atoms with van der Waals surface area (Å²) in [4.78, 5) is 7.41. The molecule has 2 N–H and O–H groups in total. The molecule has 4 rings (SSSR count). The van der Waals surface area contributed by atoms with Gasteiger partial charge in [-0.05, 0) is 66.5 Å². The second kappa shape index (κ2) is 7.46. The largest absolute Gasteiger partial charge is 0.345 e. The molecule has 1 saturated carbocycles. The van der Waals surface area contributed by atoms with Crippen LogP contribution in [0.5, 0.6) is 0 Å². The third-order valence-electron chi connectivity index (χ3n) is 5.80. The van der Waals surface area contributed by atoms with Gasteiger partial charge in [0.1, 0.15) is 0 Å². The lowest BCUT2D eigenvalue weighted by molar-refractivity contribution is 0.206. The van der Waals surface area contributed by atoms with Crippen molar-refractivity contribution in [3.8, 4) is 11.1 Å². The number of H-pyrrole nitrogens is 1. The van der Waals surface area contributed by atoms with Gasteiger partial charge in [-0.3, -0.25) is 0 Å². The van der Waals surface area contributed by atoms with Crippen molar-refractivity contribution in [3.63, 3.8) is 0 Å². The Morgan fingerprint density at radius 1 is 1.07 bits per heavy atom. The molecule has 0 atom stereocenters. The Morgan fingerprint density at radius 2 is 1.78 bits per heavy atom. The third-order valence-corrected chi connectivity index (χ3v) is 6.48. The van der Waals surface area contributed by atoms with Crippen LogP contribution in [0.2, 0.25) is 10.0 Å². The molecule has 5 heteroatoms. The van der Waals surface area contributed by atoms with Gasteiger partial charge in [-0.1, -0.05) is 43.1 Å². The Bertz CT molecular complexity index is 928. The van der Waals surface area contributed by atoms with Crippen LogP contribution >= 0.6 is 23.2 Å². The monoisotopic (exact) mass is 401 g/mol. The van der Waals surface area contributed by atoms with E-state index in [1.165, 1.54) is 25.7 Å². The summed E-state index contributed by atoms with van der Waals surface area (Å²) in [5.74, 6) is 0.